The van der Waals surface area contributed by atoms with Crippen molar-refractivity contribution in [3.63, 3.8) is 0 Å². The molecule has 8 heteroatoms. The van der Waals surface area contributed by atoms with Crippen LogP contribution in [0, 0.1) is 0 Å². The van der Waals surface area contributed by atoms with Crippen LogP contribution in [0.4, 0.5) is 5.82 Å². The van der Waals surface area contributed by atoms with E-state index < -0.39 is 10.0 Å². The molecule has 2 N–H and O–H groups in total. The summed E-state index contributed by atoms with van der Waals surface area (Å²) in [6.45, 7) is 3.21. The summed E-state index contributed by atoms with van der Waals surface area (Å²) >= 11 is 0. The number of nitrogens with zero attached hydrogens (tertiary/aromatic N) is 3. The van der Waals surface area contributed by atoms with E-state index in [0.29, 0.717) is 19.7 Å². The smallest absolute Gasteiger partial charge is 0.270 e. The summed E-state index contributed by atoms with van der Waals surface area (Å²) < 4.78 is 26.9. The first-order chi connectivity index (χ1) is 8.05. The van der Waals surface area contributed by atoms with E-state index in [0.717, 1.165) is 17.3 Å². The number of hydrogen-bond donors (Lipinski definition) is 1. The Balaban J connectivity index is 2.33. The van der Waals surface area contributed by atoms with Crippen molar-refractivity contribution in [2.24, 2.45) is 0 Å². The molecular weight excluding hydrogens is 244 g/mol. The highest BCUT2D eigenvalue weighted by atomic mass is 32.2. The van der Waals surface area contributed by atoms with Crippen molar-refractivity contribution >= 4 is 15.8 Å². The summed E-state index contributed by atoms with van der Waals surface area (Å²) in [5.41, 5.74) is 5.62. The maximum atomic E-state index is 12.2. The quantitative estimate of drug-likeness (QED) is 0.838. The van der Waals surface area contributed by atoms with Crippen LogP contribution in [0.1, 0.15) is 19.8 Å². The van der Waals surface area contributed by atoms with Crippen LogP contribution in [-0.2, 0) is 21.4 Å². The molecule has 96 valence electrons. The predicted molar refractivity (Wildman–Crippen MR) is 61.4 cm³/mol. The van der Waals surface area contributed by atoms with Gasteiger partial charge in [0.2, 0.25) is 0 Å². The number of nitrogens with two attached hydrogens (primary N) is 1. The Labute approximate surface area is 100 Å². The van der Waals surface area contributed by atoms with Gasteiger partial charge < -0.3 is 5.73 Å². The standard InChI is InChI=1S/C9H16N4O3S/c1-2-12-7-8(9(10)11-12)17(14,15)13-5-3-4-6-16-13/h7H,2-6H2,1H3,(H2,10,11). The average Bonchev–Trinajstić information content (AvgIpc) is 2.72. The van der Waals surface area contributed by atoms with Crippen LogP contribution in [0.25, 0.3) is 0 Å². The molecule has 0 spiro atoms. The Kier molecular flexibility index (Phi) is 3.36. The molecule has 0 unspecified atom stereocenters. The van der Waals surface area contributed by atoms with Gasteiger partial charge in [0.15, 0.2) is 5.82 Å². The van der Waals surface area contributed by atoms with E-state index in [1.165, 1.54) is 10.9 Å². The summed E-state index contributed by atoms with van der Waals surface area (Å²) in [6, 6.07) is 0. The number of anilines is 1. The molecule has 0 amide bonds. The molecule has 1 aromatic rings. The van der Waals surface area contributed by atoms with E-state index in [9.17, 15) is 8.42 Å². The monoisotopic (exact) mass is 260 g/mol. The molecule has 1 saturated heterocycles. The van der Waals surface area contributed by atoms with Crippen molar-refractivity contribution < 1.29 is 13.3 Å². The van der Waals surface area contributed by atoms with Gasteiger partial charge in [-0.1, -0.05) is 4.47 Å². The fraction of sp³-hybridized carbons (Fsp3) is 0.667. The van der Waals surface area contributed by atoms with Gasteiger partial charge in [0, 0.05) is 19.3 Å². The molecule has 2 heterocycles. The highest BCUT2D eigenvalue weighted by molar-refractivity contribution is 7.89. The van der Waals surface area contributed by atoms with Crippen LogP contribution in [-0.4, -0.2) is 35.8 Å². The minimum absolute atomic E-state index is 0.0148. The Hall–Kier alpha value is -1.12. The lowest BCUT2D eigenvalue weighted by Crippen LogP contribution is -2.35. The topological polar surface area (TPSA) is 90.5 Å². The second-order valence-electron chi connectivity index (χ2n) is 3.81. The maximum Gasteiger partial charge on any atom is 0.270 e. The van der Waals surface area contributed by atoms with Gasteiger partial charge in [-0.25, -0.2) is 8.42 Å². The molecule has 7 nitrogen and oxygen atoms in total. The van der Waals surface area contributed by atoms with Crippen LogP contribution >= 0.6 is 0 Å². The third kappa shape index (κ3) is 2.28. The molecule has 0 atom stereocenters. The van der Waals surface area contributed by atoms with Crippen LogP contribution in [0.5, 0.6) is 0 Å². The molecule has 0 radical (unpaired) electrons. The molecule has 2 rings (SSSR count). The van der Waals surface area contributed by atoms with Gasteiger partial charge in [0.25, 0.3) is 10.0 Å². The Morgan fingerprint density at radius 1 is 1.53 bits per heavy atom. The van der Waals surface area contributed by atoms with E-state index in [-0.39, 0.29) is 10.7 Å². The van der Waals surface area contributed by atoms with Crippen molar-refractivity contribution in [1.29, 1.82) is 0 Å². The third-order valence-corrected chi connectivity index (χ3v) is 4.29. The van der Waals surface area contributed by atoms with E-state index in [1.54, 1.807) is 0 Å². The molecule has 1 fully saturated rings. The molecule has 1 aromatic heterocycles. The number of nitrogen functional groups attached to an aromatic ring is 1. The van der Waals surface area contributed by atoms with E-state index in [1.807, 2.05) is 6.92 Å². The summed E-state index contributed by atoms with van der Waals surface area (Å²) in [6.07, 6.45) is 3.10. The number of hydrogen-bond acceptors (Lipinski definition) is 5. The lowest BCUT2D eigenvalue weighted by Gasteiger charge is -2.24. The summed E-state index contributed by atoms with van der Waals surface area (Å²) in [4.78, 5) is 5.16. The predicted octanol–water partition coefficient (Wildman–Crippen LogP) is 0.201. The van der Waals surface area contributed by atoms with Crippen molar-refractivity contribution in [2.45, 2.75) is 31.2 Å². The second-order valence-corrected chi connectivity index (χ2v) is 5.60. The number of aryl methyl sites for hydroxylation is 1. The first-order valence-electron chi connectivity index (χ1n) is 5.54. The van der Waals surface area contributed by atoms with Gasteiger partial charge in [-0.15, -0.1) is 0 Å². The zero-order valence-corrected chi connectivity index (χ0v) is 10.5. The summed E-state index contributed by atoms with van der Waals surface area (Å²) in [5.74, 6) is 0.0148. The largest absolute Gasteiger partial charge is 0.381 e. The van der Waals surface area contributed by atoms with Gasteiger partial charge in [0.1, 0.15) is 4.90 Å². The SMILES string of the molecule is CCn1cc(S(=O)(=O)N2CCCCO2)c(N)n1. The molecule has 17 heavy (non-hydrogen) atoms. The van der Waals surface area contributed by atoms with Crippen molar-refractivity contribution in [3.8, 4) is 0 Å². The van der Waals surface area contributed by atoms with Gasteiger partial charge >= 0.3 is 0 Å². The lowest BCUT2D eigenvalue weighted by molar-refractivity contribution is -0.108. The molecule has 0 aromatic carbocycles. The lowest BCUT2D eigenvalue weighted by atomic mass is 10.3. The minimum atomic E-state index is -3.68. The van der Waals surface area contributed by atoms with Crippen LogP contribution < -0.4 is 5.73 Å². The van der Waals surface area contributed by atoms with Crippen molar-refractivity contribution in [2.75, 3.05) is 18.9 Å². The molecule has 0 saturated carbocycles. The van der Waals surface area contributed by atoms with E-state index in [4.69, 9.17) is 10.6 Å². The van der Waals surface area contributed by atoms with Gasteiger partial charge in [-0.05, 0) is 19.8 Å². The molecule has 1 aliphatic heterocycles. The van der Waals surface area contributed by atoms with Crippen LogP contribution in [0.15, 0.2) is 11.1 Å². The van der Waals surface area contributed by atoms with E-state index >= 15 is 0 Å². The number of aromatic nitrogens is 2. The van der Waals surface area contributed by atoms with E-state index in [2.05, 4.69) is 5.10 Å². The zero-order chi connectivity index (χ0) is 12.5. The fourth-order valence-corrected chi connectivity index (χ4v) is 3.01. The summed E-state index contributed by atoms with van der Waals surface area (Å²) in [5, 5.41) is 3.92. The Morgan fingerprint density at radius 3 is 2.82 bits per heavy atom. The highest BCUT2D eigenvalue weighted by Crippen LogP contribution is 2.23. The van der Waals surface area contributed by atoms with Gasteiger partial charge in [-0.3, -0.25) is 9.52 Å². The van der Waals surface area contributed by atoms with Crippen molar-refractivity contribution in [1.82, 2.24) is 14.2 Å². The number of rotatable bonds is 3. The normalized spacial score (nSPS) is 18.4. The number of sulfonamides is 1. The number of hydroxylamine groups is 1. The fourth-order valence-electron chi connectivity index (χ4n) is 1.65. The Morgan fingerprint density at radius 2 is 2.29 bits per heavy atom. The van der Waals surface area contributed by atoms with Crippen LogP contribution in [0.3, 0.4) is 0 Å². The summed E-state index contributed by atoms with van der Waals surface area (Å²) in [7, 11) is -3.68. The molecule has 0 aliphatic carbocycles. The van der Waals surface area contributed by atoms with Gasteiger partial charge in [0.05, 0.1) is 6.61 Å². The third-order valence-electron chi connectivity index (χ3n) is 2.60. The second kappa shape index (κ2) is 4.63. The first kappa shape index (κ1) is 12.3. The average molecular weight is 260 g/mol. The van der Waals surface area contributed by atoms with Gasteiger partial charge in [-0.2, -0.15) is 5.10 Å². The minimum Gasteiger partial charge on any atom is -0.381 e. The first-order valence-corrected chi connectivity index (χ1v) is 6.98. The molecule has 0 bridgehead atoms. The zero-order valence-electron chi connectivity index (χ0n) is 9.66. The molecule has 1 aliphatic rings. The molecular formula is C9H16N4O3S. The van der Waals surface area contributed by atoms with Crippen LogP contribution in [0.2, 0.25) is 0 Å². The van der Waals surface area contributed by atoms with Crippen molar-refractivity contribution in [3.05, 3.63) is 6.20 Å². The maximum absolute atomic E-state index is 12.2. The highest BCUT2D eigenvalue weighted by Gasteiger charge is 2.31. The Bertz CT molecular complexity index is 490.